The highest BCUT2D eigenvalue weighted by molar-refractivity contribution is 5.55. The summed E-state index contributed by atoms with van der Waals surface area (Å²) >= 11 is 0. The second kappa shape index (κ2) is 3.74. The van der Waals surface area contributed by atoms with Crippen LogP contribution in [0.25, 0.3) is 0 Å². The van der Waals surface area contributed by atoms with Crippen molar-refractivity contribution >= 4 is 0 Å². The van der Waals surface area contributed by atoms with E-state index in [2.05, 4.69) is 0 Å². The number of aliphatic hydroxyl groups is 1. The van der Waals surface area contributed by atoms with Gasteiger partial charge in [-0.15, -0.1) is 0 Å². The van der Waals surface area contributed by atoms with Crippen LogP contribution < -0.4 is 4.74 Å². The highest BCUT2D eigenvalue weighted by Crippen LogP contribution is 2.40. The molecule has 0 bridgehead atoms. The SMILES string of the molecule is COc1c(C(C)(C)O)cc(C)c(C)c1O. The van der Waals surface area contributed by atoms with E-state index < -0.39 is 5.60 Å². The van der Waals surface area contributed by atoms with Crippen molar-refractivity contribution in [2.45, 2.75) is 33.3 Å². The molecule has 1 aromatic rings. The molecule has 1 aromatic carbocycles. The van der Waals surface area contributed by atoms with Crippen LogP contribution in [0.1, 0.15) is 30.5 Å². The smallest absolute Gasteiger partial charge is 0.166 e. The first-order valence-electron chi connectivity index (χ1n) is 4.89. The molecule has 0 radical (unpaired) electrons. The molecule has 0 spiro atoms. The number of rotatable bonds is 2. The van der Waals surface area contributed by atoms with Crippen molar-refractivity contribution in [1.82, 2.24) is 0 Å². The van der Waals surface area contributed by atoms with E-state index in [1.165, 1.54) is 7.11 Å². The largest absolute Gasteiger partial charge is 0.504 e. The lowest BCUT2D eigenvalue weighted by Crippen LogP contribution is -2.17. The molecular formula is C12H18O3. The van der Waals surface area contributed by atoms with Gasteiger partial charge in [0.15, 0.2) is 11.5 Å². The van der Waals surface area contributed by atoms with Crippen LogP contribution in [0.4, 0.5) is 0 Å². The number of phenolic OH excluding ortho intramolecular Hbond substituents is 1. The van der Waals surface area contributed by atoms with Crippen LogP contribution in [0, 0.1) is 13.8 Å². The molecule has 3 nitrogen and oxygen atoms in total. The molecule has 2 N–H and O–H groups in total. The fraction of sp³-hybridized carbons (Fsp3) is 0.500. The summed E-state index contributed by atoms with van der Waals surface area (Å²) in [6, 6.07) is 1.84. The highest BCUT2D eigenvalue weighted by atomic mass is 16.5. The summed E-state index contributed by atoms with van der Waals surface area (Å²) in [7, 11) is 1.49. The van der Waals surface area contributed by atoms with Crippen molar-refractivity contribution in [3.05, 3.63) is 22.8 Å². The van der Waals surface area contributed by atoms with Crippen LogP contribution in [0.3, 0.4) is 0 Å². The average Bonchev–Trinajstić information content (AvgIpc) is 2.12. The molecule has 0 saturated carbocycles. The van der Waals surface area contributed by atoms with Crippen LogP contribution in [-0.2, 0) is 5.60 Å². The van der Waals surface area contributed by atoms with Crippen molar-refractivity contribution in [1.29, 1.82) is 0 Å². The molecule has 3 heteroatoms. The topological polar surface area (TPSA) is 49.7 Å². The van der Waals surface area contributed by atoms with Gasteiger partial charge in [-0.1, -0.05) is 0 Å². The molecule has 0 atom stereocenters. The van der Waals surface area contributed by atoms with Gasteiger partial charge in [-0.05, 0) is 44.9 Å². The summed E-state index contributed by atoms with van der Waals surface area (Å²) in [5, 5.41) is 19.8. The third kappa shape index (κ3) is 2.07. The van der Waals surface area contributed by atoms with E-state index in [1.54, 1.807) is 13.8 Å². The van der Waals surface area contributed by atoms with Crippen LogP contribution >= 0.6 is 0 Å². The normalized spacial score (nSPS) is 11.6. The Bertz CT molecular complexity index is 375. The average molecular weight is 210 g/mol. The van der Waals surface area contributed by atoms with E-state index in [1.807, 2.05) is 19.9 Å². The zero-order valence-corrected chi connectivity index (χ0v) is 9.88. The van der Waals surface area contributed by atoms with E-state index >= 15 is 0 Å². The van der Waals surface area contributed by atoms with Crippen molar-refractivity contribution in [2.24, 2.45) is 0 Å². The predicted octanol–water partition coefficient (Wildman–Crippen LogP) is 2.25. The minimum atomic E-state index is -1.03. The number of phenols is 1. The molecule has 0 heterocycles. The van der Waals surface area contributed by atoms with Crippen molar-refractivity contribution < 1.29 is 14.9 Å². The summed E-state index contributed by atoms with van der Waals surface area (Å²) < 4.78 is 5.13. The molecule has 84 valence electrons. The molecule has 15 heavy (non-hydrogen) atoms. The summed E-state index contributed by atoms with van der Waals surface area (Å²) in [6.07, 6.45) is 0. The number of hydrogen-bond donors (Lipinski definition) is 2. The second-order valence-corrected chi connectivity index (χ2v) is 4.31. The summed E-state index contributed by atoms with van der Waals surface area (Å²) in [6.45, 7) is 7.04. The van der Waals surface area contributed by atoms with Crippen molar-refractivity contribution in [2.75, 3.05) is 7.11 Å². The summed E-state index contributed by atoms with van der Waals surface area (Å²) in [5.74, 6) is 0.459. The van der Waals surface area contributed by atoms with E-state index in [4.69, 9.17) is 4.74 Å². The highest BCUT2D eigenvalue weighted by Gasteiger charge is 2.25. The van der Waals surface area contributed by atoms with Gasteiger partial charge < -0.3 is 14.9 Å². The van der Waals surface area contributed by atoms with E-state index in [0.29, 0.717) is 11.3 Å². The lowest BCUT2D eigenvalue weighted by atomic mass is 9.93. The lowest BCUT2D eigenvalue weighted by molar-refractivity contribution is 0.0750. The van der Waals surface area contributed by atoms with Crippen molar-refractivity contribution in [3.8, 4) is 11.5 Å². The maximum atomic E-state index is 9.95. The van der Waals surface area contributed by atoms with Crippen LogP contribution in [0.2, 0.25) is 0 Å². The second-order valence-electron chi connectivity index (χ2n) is 4.31. The number of aromatic hydroxyl groups is 1. The Labute approximate surface area is 90.3 Å². The molecule has 0 fully saturated rings. The Morgan fingerprint density at radius 2 is 1.80 bits per heavy atom. The number of ether oxygens (including phenoxy) is 1. The maximum Gasteiger partial charge on any atom is 0.166 e. The molecule has 1 rings (SSSR count). The Balaban J connectivity index is 3.53. The van der Waals surface area contributed by atoms with Gasteiger partial charge in [0.1, 0.15) is 0 Å². The minimum Gasteiger partial charge on any atom is -0.504 e. The first-order valence-corrected chi connectivity index (χ1v) is 4.89. The fourth-order valence-corrected chi connectivity index (χ4v) is 1.54. The fourth-order valence-electron chi connectivity index (χ4n) is 1.54. The van der Waals surface area contributed by atoms with E-state index in [9.17, 15) is 10.2 Å². The van der Waals surface area contributed by atoms with Crippen LogP contribution in [-0.4, -0.2) is 17.3 Å². The first kappa shape index (κ1) is 11.9. The van der Waals surface area contributed by atoms with Gasteiger partial charge in [0.25, 0.3) is 0 Å². The number of methoxy groups -OCH3 is 1. The van der Waals surface area contributed by atoms with Gasteiger partial charge in [0.05, 0.1) is 12.7 Å². The molecule has 0 aliphatic heterocycles. The predicted molar refractivity (Wildman–Crippen MR) is 59.4 cm³/mol. The first-order chi connectivity index (χ1) is 6.79. The van der Waals surface area contributed by atoms with Crippen LogP contribution in [0.5, 0.6) is 11.5 Å². The standard InChI is InChI=1S/C12H18O3/c1-7-6-9(12(3,4)14)11(15-5)10(13)8(7)2/h6,13-14H,1-5H3. The summed E-state index contributed by atoms with van der Waals surface area (Å²) in [5.41, 5.74) is 1.29. The van der Waals surface area contributed by atoms with Crippen LogP contribution in [0.15, 0.2) is 6.07 Å². The Morgan fingerprint density at radius 1 is 1.27 bits per heavy atom. The van der Waals surface area contributed by atoms with Gasteiger partial charge in [-0.2, -0.15) is 0 Å². The van der Waals surface area contributed by atoms with E-state index in [-0.39, 0.29) is 5.75 Å². The Hall–Kier alpha value is -1.22. The van der Waals surface area contributed by atoms with Gasteiger partial charge in [0, 0.05) is 5.56 Å². The number of hydrogen-bond acceptors (Lipinski definition) is 3. The Morgan fingerprint density at radius 3 is 2.20 bits per heavy atom. The maximum absolute atomic E-state index is 9.95. The molecule has 0 amide bonds. The molecular weight excluding hydrogens is 192 g/mol. The Kier molecular flexibility index (Phi) is 2.95. The third-order valence-electron chi connectivity index (χ3n) is 2.63. The number of benzene rings is 1. The van der Waals surface area contributed by atoms with Gasteiger partial charge >= 0.3 is 0 Å². The van der Waals surface area contributed by atoms with Gasteiger partial charge in [-0.25, -0.2) is 0 Å². The number of aryl methyl sites for hydroxylation is 1. The monoisotopic (exact) mass is 210 g/mol. The summed E-state index contributed by atoms with van der Waals surface area (Å²) in [4.78, 5) is 0. The van der Waals surface area contributed by atoms with E-state index in [0.717, 1.165) is 11.1 Å². The molecule has 0 aliphatic rings. The zero-order valence-electron chi connectivity index (χ0n) is 9.88. The molecule has 0 aromatic heterocycles. The lowest BCUT2D eigenvalue weighted by Gasteiger charge is -2.23. The van der Waals surface area contributed by atoms with Gasteiger partial charge in [0.2, 0.25) is 0 Å². The van der Waals surface area contributed by atoms with Crippen molar-refractivity contribution in [3.63, 3.8) is 0 Å². The minimum absolute atomic E-state index is 0.106. The molecule has 0 saturated heterocycles. The quantitative estimate of drug-likeness (QED) is 0.787. The van der Waals surface area contributed by atoms with Gasteiger partial charge in [-0.3, -0.25) is 0 Å². The molecule has 0 unspecified atom stereocenters. The zero-order chi connectivity index (χ0) is 11.8. The third-order valence-corrected chi connectivity index (χ3v) is 2.63. The molecule has 0 aliphatic carbocycles.